The molecular weight excluding hydrogens is 671 g/mol. The Bertz CT molecular complexity index is 2350. The first kappa shape index (κ1) is 15.1. The monoisotopic (exact) mass is 724 g/mol. The number of pyridine rings is 2. The van der Waals surface area contributed by atoms with Crippen LogP contribution < -0.4 is 10.6 Å². The van der Waals surface area contributed by atoms with E-state index in [1.54, 1.807) is 13.0 Å². The molecule has 0 fully saturated rings. The molecule has 40 heavy (non-hydrogen) atoms. The molecule has 1 aromatic carbocycles. The van der Waals surface area contributed by atoms with Crippen LogP contribution in [0.3, 0.4) is 0 Å². The Hall–Kier alpha value is -3.27. The Labute approximate surface area is 273 Å². The zero-order valence-corrected chi connectivity index (χ0v) is 24.3. The van der Waals surface area contributed by atoms with Crippen LogP contribution in [0.1, 0.15) is 110 Å². The molecule has 0 bridgehead atoms. The van der Waals surface area contributed by atoms with Crippen molar-refractivity contribution in [1.29, 1.82) is 0 Å². The molecule has 209 valence electrons. The van der Waals surface area contributed by atoms with Crippen molar-refractivity contribution in [3.8, 4) is 0 Å². The topological polar surface area (TPSA) is 51.3 Å². The van der Waals surface area contributed by atoms with E-state index in [0.29, 0.717) is 40.5 Å². The molecular formula is C35H37IrN3O-2. The predicted octanol–water partition coefficient (Wildman–Crippen LogP) is 7.38. The second-order valence-corrected chi connectivity index (χ2v) is 8.96. The Kier molecular flexibility index (Phi) is 5.24. The van der Waals surface area contributed by atoms with Gasteiger partial charge in [0.1, 0.15) is 0 Å². The number of benzene rings is 1. The largest absolute Gasteiger partial charge is 0.501 e. The van der Waals surface area contributed by atoms with Gasteiger partial charge < -0.3 is 14.4 Å². The number of unbranched alkanes of at least 4 members (excludes halogenated alkanes) is 1. The first-order chi connectivity index (χ1) is 25.5. The van der Waals surface area contributed by atoms with Gasteiger partial charge in [-0.25, -0.2) is 4.98 Å². The fourth-order valence-electron chi connectivity index (χ4n) is 4.12. The van der Waals surface area contributed by atoms with Gasteiger partial charge in [0.05, 0.1) is 4.11 Å². The molecule has 3 atom stereocenters. The Morgan fingerprint density at radius 2 is 2.15 bits per heavy atom. The number of aliphatic imine (C=N–C) groups is 1. The first-order valence-electron chi connectivity index (χ1n) is 20.8. The summed E-state index contributed by atoms with van der Waals surface area (Å²) >= 11 is 0. The molecule has 0 saturated heterocycles. The van der Waals surface area contributed by atoms with E-state index in [-0.39, 0.29) is 54.9 Å². The van der Waals surface area contributed by atoms with Crippen LogP contribution in [-0.4, -0.2) is 15.7 Å². The van der Waals surface area contributed by atoms with Crippen LogP contribution in [0, 0.1) is 19.3 Å². The van der Waals surface area contributed by atoms with Crippen LogP contribution >= 0.6 is 0 Å². The van der Waals surface area contributed by atoms with E-state index in [4.69, 9.17) is 26.3 Å². The van der Waals surface area contributed by atoms with E-state index >= 15 is 0 Å². The molecule has 1 radical (unpaired) electrons. The number of furan rings is 1. The van der Waals surface area contributed by atoms with Crippen molar-refractivity contribution in [3.63, 3.8) is 0 Å². The summed E-state index contributed by atoms with van der Waals surface area (Å²) in [5, 5.41) is 1.48. The summed E-state index contributed by atoms with van der Waals surface area (Å²) in [6.45, 7) is -1.24. The Morgan fingerprint density at radius 3 is 3.00 bits per heavy atom. The number of fused-ring (bicyclic) bond motifs is 3. The van der Waals surface area contributed by atoms with Crippen molar-refractivity contribution in [3.05, 3.63) is 112 Å². The maximum atomic E-state index is 8.65. The van der Waals surface area contributed by atoms with E-state index in [0.717, 1.165) is 18.1 Å². The molecule has 0 amide bonds. The molecule has 4 nitrogen and oxygen atoms in total. The molecule has 0 N–H and O–H groups in total. The molecule has 6 rings (SSSR count). The summed E-state index contributed by atoms with van der Waals surface area (Å²) in [7, 11) is 0. The predicted molar refractivity (Wildman–Crippen MR) is 161 cm³/mol. The second kappa shape index (κ2) is 13.9. The Morgan fingerprint density at radius 1 is 1.23 bits per heavy atom. The zero-order chi connectivity index (χ0) is 40.9. The fourth-order valence-corrected chi connectivity index (χ4v) is 4.12. The van der Waals surface area contributed by atoms with Gasteiger partial charge in [-0.15, -0.1) is 41.4 Å². The first-order valence-corrected chi connectivity index (χ1v) is 12.6. The maximum absolute atomic E-state index is 8.65. The van der Waals surface area contributed by atoms with Gasteiger partial charge in [-0.1, -0.05) is 56.8 Å². The molecule has 4 aromatic rings. The molecule has 1 aliphatic carbocycles. The summed E-state index contributed by atoms with van der Waals surface area (Å²) in [5.41, 5.74) is 0.960. The number of hydrogen-bond acceptors (Lipinski definition) is 4. The smallest absolute Gasteiger partial charge is 0.213 e. The van der Waals surface area contributed by atoms with Gasteiger partial charge in [-0.2, -0.15) is 6.42 Å². The van der Waals surface area contributed by atoms with Crippen molar-refractivity contribution in [2.75, 3.05) is 0 Å². The second-order valence-electron chi connectivity index (χ2n) is 8.96. The standard InChI is InChI=1S/C23H25N2O.C12H12N.Ir/c1-4-5-7-15(2)17-11-13-21(24-14-17)20-9-6-8-18-19-12-10-16(3)25-23(19)26-22(18)20;1-10-7-8-12(13-9-10)11-5-3-2-4-6-11;/h8-15H,4-7H2,1-3H3;2-5,9H,7-8H2,1H3;/q2*-1;/i3D3,11D,13D,15D;1D3,2D,3D,4D,5D,7D,8D,9D;. The van der Waals surface area contributed by atoms with E-state index in [1.165, 1.54) is 12.3 Å². The van der Waals surface area contributed by atoms with E-state index < -0.39 is 68.3 Å². The van der Waals surface area contributed by atoms with Crippen LogP contribution in [0.4, 0.5) is 0 Å². The minimum atomic E-state index is -2.72. The van der Waals surface area contributed by atoms with Crippen LogP contribution in [0.25, 0.3) is 22.7 Å². The molecule has 3 aromatic heterocycles. The quantitative estimate of drug-likeness (QED) is 0.195. The molecule has 5 heteroatoms. The van der Waals surface area contributed by atoms with Gasteiger partial charge in [-0.3, -0.25) is 0 Å². The van der Waals surface area contributed by atoms with Crippen molar-refractivity contribution in [2.45, 2.75) is 71.9 Å². The van der Waals surface area contributed by atoms with E-state index in [9.17, 15) is 0 Å². The van der Waals surface area contributed by atoms with Crippen molar-refractivity contribution in [1.82, 2.24) is 9.97 Å². The Balaban J connectivity index is 0.000000258. The number of aromatic nitrogens is 2. The molecule has 0 spiro atoms. The third-order valence-electron chi connectivity index (χ3n) is 6.20. The third kappa shape index (κ3) is 6.89. The number of aryl methyl sites for hydroxylation is 1. The number of nitrogens with zero attached hydrogens (tertiary/aromatic N) is 3. The zero-order valence-electron chi connectivity index (χ0n) is 38.0. The van der Waals surface area contributed by atoms with Crippen LogP contribution in [0.5, 0.6) is 0 Å². The van der Waals surface area contributed by atoms with E-state index in [2.05, 4.69) is 28.0 Å². The van der Waals surface area contributed by atoms with Crippen LogP contribution in [0.15, 0.2) is 75.7 Å². The summed E-state index contributed by atoms with van der Waals surface area (Å²) in [4.78, 5) is 12.4. The average molecular weight is 724 g/mol. The van der Waals surface area contributed by atoms with Crippen molar-refractivity contribution >= 4 is 28.5 Å². The van der Waals surface area contributed by atoms with Gasteiger partial charge in [0.2, 0.25) is 5.71 Å². The molecule has 3 unspecified atom stereocenters. The summed E-state index contributed by atoms with van der Waals surface area (Å²) in [5.74, 6) is -0.983. The van der Waals surface area contributed by atoms with Gasteiger partial charge in [0, 0.05) is 64.1 Å². The van der Waals surface area contributed by atoms with Gasteiger partial charge >= 0.3 is 0 Å². The number of allylic oxidation sites excluding steroid dienone is 1. The third-order valence-corrected chi connectivity index (χ3v) is 6.20. The molecule has 0 saturated carbocycles. The summed E-state index contributed by atoms with van der Waals surface area (Å²) < 4.78 is 131. The minimum Gasteiger partial charge on any atom is -0.501 e. The normalized spacial score (nSPS) is 25.9. The summed E-state index contributed by atoms with van der Waals surface area (Å²) in [6.07, 6.45) is 4.64. The van der Waals surface area contributed by atoms with Crippen molar-refractivity contribution in [2.24, 2.45) is 4.99 Å². The molecule has 4 heterocycles. The van der Waals surface area contributed by atoms with E-state index in [1.807, 2.05) is 12.5 Å². The van der Waals surface area contributed by atoms with Crippen LogP contribution in [0.2, 0.25) is 0 Å². The summed E-state index contributed by atoms with van der Waals surface area (Å²) in [6, 6.07) is 3.50. The maximum Gasteiger partial charge on any atom is 0.213 e. The van der Waals surface area contributed by atoms with Crippen LogP contribution in [-0.2, 0) is 20.1 Å². The number of hydrogen-bond donors (Lipinski definition) is 0. The minimum absolute atomic E-state index is 0. The van der Waals surface area contributed by atoms with Gasteiger partial charge in [-0.05, 0) is 75.9 Å². The van der Waals surface area contributed by atoms with Crippen molar-refractivity contribution < 1.29 is 46.5 Å². The molecule has 2 aliphatic rings. The SMILES string of the molecule is [2H]C1=C(C([2H])([2H])[2H])C([2H])C([2H])C(c2[c-]c([2H])c([2H])c([2H])c2[2H])=N1.[2H]c1c(C([2H])(C)CCCC)cnc(C2=c3oc4nc(C([2H])([2H])[2H])ccc4c3=CC[CH-]2)c1[2H].[Ir]. The average Bonchev–Trinajstić information content (AvgIpc) is 3.48. The fraction of sp³-hybridized carbons (Fsp3) is 0.314. The number of rotatable bonds is 6. The van der Waals surface area contributed by atoms with Gasteiger partial charge in [0.25, 0.3) is 0 Å². The molecule has 1 aliphatic heterocycles. The van der Waals surface area contributed by atoms with Gasteiger partial charge in [0.15, 0.2) is 0 Å².